The zero-order valence-corrected chi connectivity index (χ0v) is 16.3. The lowest BCUT2D eigenvalue weighted by Crippen LogP contribution is -2.45. The Morgan fingerprint density at radius 2 is 1.89 bits per heavy atom. The molecule has 1 atom stereocenters. The molecule has 0 saturated carbocycles. The van der Waals surface area contributed by atoms with E-state index in [0.29, 0.717) is 5.75 Å². The molecule has 144 valence electrons. The molecule has 0 aromatic heterocycles. The fraction of sp³-hybridized carbons (Fsp3) is 0.368. The molecule has 0 unspecified atom stereocenters. The van der Waals surface area contributed by atoms with Crippen LogP contribution in [0.3, 0.4) is 0 Å². The monoisotopic (exact) mass is 391 g/mol. The van der Waals surface area contributed by atoms with E-state index in [1.807, 2.05) is 0 Å². The number of hydrogen-bond donors (Lipinski definition) is 1. The van der Waals surface area contributed by atoms with Gasteiger partial charge in [-0.1, -0.05) is 26.0 Å². The molecule has 1 N–H and O–H groups in total. The molecule has 0 aliphatic heterocycles. The van der Waals surface area contributed by atoms with Crippen molar-refractivity contribution in [3.05, 3.63) is 40.3 Å². The van der Waals surface area contributed by atoms with Gasteiger partial charge < -0.3 is 14.8 Å². The average Bonchev–Trinajstić information content (AvgIpc) is 2.66. The van der Waals surface area contributed by atoms with Crippen LogP contribution in [0.1, 0.15) is 34.6 Å². The summed E-state index contributed by atoms with van der Waals surface area (Å²) in [4.78, 5) is 49.1. The number of esters is 1. The Labute approximate surface area is 161 Å². The van der Waals surface area contributed by atoms with E-state index in [1.165, 1.54) is 20.3 Å². The molecule has 1 aliphatic rings. The maximum atomic E-state index is 12.7. The van der Waals surface area contributed by atoms with Crippen molar-refractivity contribution >= 4 is 35.2 Å². The minimum Gasteiger partial charge on any atom is -0.496 e. The van der Waals surface area contributed by atoms with Gasteiger partial charge in [0, 0.05) is 11.6 Å². The van der Waals surface area contributed by atoms with Gasteiger partial charge in [-0.25, -0.2) is 4.79 Å². The third-order valence-corrected chi connectivity index (χ3v) is 5.04. The summed E-state index contributed by atoms with van der Waals surface area (Å²) in [5.41, 5.74) is 0.476. The van der Waals surface area contributed by atoms with Crippen molar-refractivity contribution in [1.82, 2.24) is 5.32 Å². The number of allylic oxidation sites excluding steroid dienone is 2. The minimum absolute atomic E-state index is 0.116. The molecule has 0 bridgehead atoms. The molecule has 7 nitrogen and oxygen atoms in total. The second-order valence-corrected chi connectivity index (χ2v) is 7.20. The highest BCUT2D eigenvalue weighted by Gasteiger charge is 2.30. The predicted molar refractivity (Wildman–Crippen MR) is 101 cm³/mol. The average molecular weight is 391 g/mol. The number of benzene rings is 1. The number of fused-ring (bicyclic) bond motifs is 1. The smallest absolute Gasteiger partial charge is 0.328 e. The summed E-state index contributed by atoms with van der Waals surface area (Å²) in [5.74, 6) is -1.61. The van der Waals surface area contributed by atoms with Crippen molar-refractivity contribution in [2.45, 2.75) is 19.9 Å². The van der Waals surface area contributed by atoms with Gasteiger partial charge >= 0.3 is 5.97 Å². The van der Waals surface area contributed by atoms with Crippen LogP contribution in [0.15, 0.2) is 29.2 Å². The van der Waals surface area contributed by atoms with Gasteiger partial charge in [-0.05, 0) is 12.0 Å². The van der Waals surface area contributed by atoms with E-state index in [4.69, 9.17) is 4.74 Å². The Morgan fingerprint density at radius 1 is 1.19 bits per heavy atom. The molecular weight excluding hydrogens is 370 g/mol. The number of amides is 1. The second-order valence-electron chi connectivity index (χ2n) is 6.19. The number of carbonyl (C=O) groups is 4. The lowest BCUT2D eigenvalue weighted by molar-refractivity contribution is -0.146. The van der Waals surface area contributed by atoms with Crippen molar-refractivity contribution < 1.29 is 28.7 Å². The summed E-state index contributed by atoms with van der Waals surface area (Å²) in [6, 6.07) is 4.03. The van der Waals surface area contributed by atoms with Crippen LogP contribution in [0.4, 0.5) is 0 Å². The van der Waals surface area contributed by atoms with E-state index in [1.54, 1.807) is 32.0 Å². The van der Waals surface area contributed by atoms with Gasteiger partial charge in [0.05, 0.1) is 30.4 Å². The third-order valence-electron chi connectivity index (χ3n) is 4.02. The molecule has 0 fully saturated rings. The Bertz CT molecular complexity index is 814. The zero-order chi connectivity index (χ0) is 20.1. The molecule has 1 aromatic rings. The first-order chi connectivity index (χ1) is 12.8. The van der Waals surface area contributed by atoms with Gasteiger partial charge in [-0.2, -0.15) is 0 Å². The van der Waals surface area contributed by atoms with E-state index in [0.717, 1.165) is 11.8 Å². The summed E-state index contributed by atoms with van der Waals surface area (Å²) < 4.78 is 9.86. The SMILES string of the molecule is COC(=O)[C@@H](NC(=O)CSC1=CC(=O)c2cccc(OC)c2C1=O)C(C)C. The number of carbonyl (C=O) groups excluding carboxylic acids is 4. The van der Waals surface area contributed by atoms with Crippen LogP contribution in [0.25, 0.3) is 0 Å². The Hall–Kier alpha value is -2.61. The third kappa shape index (κ3) is 4.57. The molecule has 1 aromatic carbocycles. The lowest BCUT2D eigenvalue weighted by Gasteiger charge is -2.20. The van der Waals surface area contributed by atoms with Crippen LogP contribution in [-0.4, -0.2) is 49.5 Å². The van der Waals surface area contributed by atoms with Gasteiger partial charge in [0.25, 0.3) is 0 Å². The predicted octanol–water partition coefficient (Wildman–Crippen LogP) is 2.01. The van der Waals surface area contributed by atoms with E-state index in [-0.39, 0.29) is 39.3 Å². The van der Waals surface area contributed by atoms with Crippen LogP contribution in [0.2, 0.25) is 0 Å². The van der Waals surface area contributed by atoms with E-state index in [2.05, 4.69) is 10.1 Å². The van der Waals surface area contributed by atoms with Gasteiger partial charge in [-0.15, -0.1) is 11.8 Å². The highest BCUT2D eigenvalue weighted by atomic mass is 32.2. The molecule has 0 saturated heterocycles. The summed E-state index contributed by atoms with van der Waals surface area (Å²) in [6.45, 7) is 3.56. The van der Waals surface area contributed by atoms with Crippen LogP contribution in [0, 0.1) is 5.92 Å². The number of Topliss-reactive ketones (excluding diaryl/α,β-unsaturated/α-hetero) is 1. The number of hydrogen-bond acceptors (Lipinski definition) is 7. The van der Waals surface area contributed by atoms with Crippen LogP contribution < -0.4 is 10.1 Å². The summed E-state index contributed by atoms with van der Waals surface area (Å²) in [6.07, 6.45) is 1.22. The number of methoxy groups -OCH3 is 2. The number of ketones is 2. The molecular formula is C19H21NO6S. The number of rotatable bonds is 7. The Balaban J connectivity index is 2.10. The number of thioether (sulfide) groups is 1. The van der Waals surface area contributed by atoms with Gasteiger partial charge in [0.15, 0.2) is 5.78 Å². The topological polar surface area (TPSA) is 98.8 Å². The maximum absolute atomic E-state index is 12.7. The minimum atomic E-state index is -0.776. The standard InChI is InChI=1S/C19H21NO6S/c1-10(2)17(19(24)26-4)20-15(22)9-27-14-8-12(21)11-6-5-7-13(25-3)16(11)18(14)23/h5-8,10,17H,9H2,1-4H3,(H,20,22)/t17-/m0/s1. The number of ether oxygens (including phenoxy) is 2. The molecule has 0 spiro atoms. The first-order valence-corrected chi connectivity index (χ1v) is 9.26. The van der Waals surface area contributed by atoms with Crippen molar-refractivity contribution in [3.8, 4) is 5.75 Å². The van der Waals surface area contributed by atoms with E-state index in [9.17, 15) is 19.2 Å². The van der Waals surface area contributed by atoms with Crippen molar-refractivity contribution in [2.24, 2.45) is 5.92 Å². The molecule has 0 heterocycles. The molecule has 8 heteroatoms. The van der Waals surface area contributed by atoms with Crippen molar-refractivity contribution in [2.75, 3.05) is 20.0 Å². The quantitative estimate of drug-likeness (QED) is 0.710. The maximum Gasteiger partial charge on any atom is 0.328 e. The molecule has 2 rings (SSSR count). The van der Waals surface area contributed by atoms with E-state index >= 15 is 0 Å². The second kappa shape index (κ2) is 8.85. The highest BCUT2D eigenvalue weighted by molar-refractivity contribution is 8.04. The highest BCUT2D eigenvalue weighted by Crippen LogP contribution is 2.33. The molecule has 1 amide bonds. The first-order valence-electron chi connectivity index (χ1n) is 8.27. The fourth-order valence-electron chi connectivity index (χ4n) is 2.62. The molecule has 0 radical (unpaired) electrons. The summed E-state index contributed by atoms with van der Waals surface area (Å²) in [7, 11) is 2.67. The van der Waals surface area contributed by atoms with Crippen molar-refractivity contribution in [3.63, 3.8) is 0 Å². The summed E-state index contributed by atoms with van der Waals surface area (Å²) >= 11 is 0.944. The fourth-order valence-corrected chi connectivity index (χ4v) is 3.41. The first kappa shape index (κ1) is 20.7. The Kier molecular flexibility index (Phi) is 6.79. The number of nitrogens with one attached hydrogen (secondary N) is 1. The molecule has 1 aliphatic carbocycles. The van der Waals surface area contributed by atoms with Gasteiger partial charge in [0.2, 0.25) is 11.7 Å². The zero-order valence-electron chi connectivity index (χ0n) is 15.5. The summed E-state index contributed by atoms with van der Waals surface area (Å²) in [5, 5.41) is 2.59. The molecule has 27 heavy (non-hydrogen) atoms. The van der Waals surface area contributed by atoms with E-state index < -0.39 is 17.9 Å². The van der Waals surface area contributed by atoms with Crippen LogP contribution in [-0.2, 0) is 14.3 Å². The van der Waals surface area contributed by atoms with Gasteiger partial charge in [-0.3, -0.25) is 14.4 Å². The van der Waals surface area contributed by atoms with Crippen LogP contribution in [0.5, 0.6) is 5.75 Å². The largest absolute Gasteiger partial charge is 0.496 e. The Morgan fingerprint density at radius 3 is 2.48 bits per heavy atom. The lowest BCUT2D eigenvalue weighted by atomic mass is 9.94. The van der Waals surface area contributed by atoms with Gasteiger partial charge in [0.1, 0.15) is 11.8 Å². The normalized spacial score (nSPS) is 14.3. The van der Waals surface area contributed by atoms with Crippen LogP contribution >= 0.6 is 11.8 Å². The van der Waals surface area contributed by atoms with Crippen molar-refractivity contribution in [1.29, 1.82) is 0 Å².